The molecule has 1 unspecified atom stereocenters. The van der Waals surface area contributed by atoms with Gasteiger partial charge in [-0.2, -0.15) is 13.2 Å². The summed E-state index contributed by atoms with van der Waals surface area (Å²) in [7, 11) is 0. The summed E-state index contributed by atoms with van der Waals surface area (Å²) in [6.45, 7) is 3.76. The number of nitrogens with zero attached hydrogens (tertiary/aromatic N) is 1. The van der Waals surface area contributed by atoms with Crippen LogP contribution in [0.4, 0.5) is 18.9 Å². The number of rotatable bonds is 5. The highest BCUT2D eigenvalue weighted by atomic mass is 19.4. The first-order valence-electron chi connectivity index (χ1n) is 7.95. The molecule has 26 heavy (non-hydrogen) atoms. The number of anilines is 1. The maximum Gasteiger partial charge on any atom is 0.416 e. The van der Waals surface area contributed by atoms with Gasteiger partial charge in [0, 0.05) is 24.1 Å². The lowest BCUT2D eigenvalue weighted by Gasteiger charge is -2.12. The van der Waals surface area contributed by atoms with E-state index in [2.05, 4.69) is 15.6 Å². The normalized spacial score (nSPS) is 12.3. The minimum Gasteiger partial charge on any atom is -0.350 e. The molecular formula is C18H18F3N3O2. The van der Waals surface area contributed by atoms with E-state index in [0.717, 1.165) is 18.6 Å². The number of halogens is 3. The van der Waals surface area contributed by atoms with E-state index < -0.39 is 17.6 Å². The molecule has 0 saturated heterocycles. The van der Waals surface area contributed by atoms with Crippen LogP contribution in [0, 0.1) is 0 Å². The zero-order chi connectivity index (χ0) is 19.3. The topological polar surface area (TPSA) is 71.1 Å². The molecule has 1 atom stereocenters. The lowest BCUT2D eigenvalue weighted by molar-refractivity contribution is -0.137. The molecule has 2 aromatic rings. The van der Waals surface area contributed by atoms with Gasteiger partial charge in [0.25, 0.3) is 11.8 Å². The van der Waals surface area contributed by atoms with Crippen molar-refractivity contribution in [2.75, 3.05) is 5.32 Å². The standard InChI is InChI=1S/C18H18F3N3O2/c1-3-11(2)23-16(25)12-7-13(10-22-9-12)17(26)24-15-6-4-5-14(8-15)18(19,20)21/h4-11H,3H2,1-2H3,(H,23,25)(H,24,26). The Bertz CT molecular complexity index is 806. The van der Waals surface area contributed by atoms with Crippen LogP contribution in [-0.2, 0) is 6.18 Å². The highest BCUT2D eigenvalue weighted by Crippen LogP contribution is 2.30. The van der Waals surface area contributed by atoms with Crippen LogP contribution in [0.25, 0.3) is 0 Å². The predicted octanol–water partition coefficient (Wildman–Crippen LogP) is 3.88. The second-order valence-electron chi connectivity index (χ2n) is 5.78. The molecule has 1 heterocycles. The zero-order valence-electron chi connectivity index (χ0n) is 14.2. The van der Waals surface area contributed by atoms with Crippen molar-refractivity contribution >= 4 is 17.5 Å². The molecule has 138 valence electrons. The second-order valence-corrected chi connectivity index (χ2v) is 5.78. The molecule has 0 aliphatic heterocycles. The Labute approximate surface area is 148 Å². The van der Waals surface area contributed by atoms with Gasteiger partial charge in [-0.25, -0.2) is 0 Å². The number of carbonyl (C=O) groups is 2. The Hall–Kier alpha value is -2.90. The SMILES string of the molecule is CCC(C)NC(=O)c1cncc(C(=O)Nc2cccc(C(F)(F)F)c2)c1. The number of nitrogens with one attached hydrogen (secondary N) is 2. The van der Waals surface area contributed by atoms with Crippen LogP contribution in [-0.4, -0.2) is 22.8 Å². The van der Waals surface area contributed by atoms with Crippen LogP contribution >= 0.6 is 0 Å². The zero-order valence-corrected chi connectivity index (χ0v) is 14.2. The van der Waals surface area contributed by atoms with Gasteiger partial charge in [-0.3, -0.25) is 14.6 Å². The first kappa shape index (κ1) is 19.4. The first-order valence-corrected chi connectivity index (χ1v) is 7.95. The average molecular weight is 365 g/mol. The Morgan fingerprint density at radius 2 is 1.77 bits per heavy atom. The third-order valence-electron chi connectivity index (χ3n) is 3.70. The first-order chi connectivity index (χ1) is 12.2. The van der Waals surface area contributed by atoms with E-state index in [0.29, 0.717) is 0 Å². The van der Waals surface area contributed by atoms with Gasteiger partial charge in [-0.1, -0.05) is 13.0 Å². The van der Waals surface area contributed by atoms with Gasteiger partial charge in [0.15, 0.2) is 0 Å². The summed E-state index contributed by atoms with van der Waals surface area (Å²) >= 11 is 0. The van der Waals surface area contributed by atoms with E-state index in [4.69, 9.17) is 0 Å². The van der Waals surface area contributed by atoms with Crippen LogP contribution in [0.3, 0.4) is 0 Å². The Morgan fingerprint density at radius 3 is 2.38 bits per heavy atom. The number of alkyl halides is 3. The highest BCUT2D eigenvalue weighted by Gasteiger charge is 2.30. The number of pyridine rings is 1. The monoisotopic (exact) mass is 365 g/mol. The molecule has 0 saturated carbocycles. The molecule has 2 rings (SSSR count). The summed E-state index contributed by atoms with van der Waals surface area (Å²) in [5.41, 5.74) is -0.601. The molecule has 0 aliphatic carbocycles. The molecule has 5 nitrogen and oxygen atoms in total. The van der Waals surface area contributed by atoms with E-state index in [9.17, 15) is 22.8 Å². The fourth-order valence-corrected chi connectivity index (χ4v) is 2.07. The molecule has 0 bridgehead atoms. The van der Waals surface area contributed by atoms with Crippen molar-refractivity contribution in [1.29, 1.82) is 0 Å². The largest absolute Gasteiger partial charge is 0.416 e. The summed E-state index contributed by atoms with van der Waals surface area (Å²) in [4.78, 5) is 28.2. The van der Waals surface area contributed by atoms with Crippen molar-refractivity contribution in [2.45, 2.75) is 32.5 Å². The summed E-state index contributed by atoms with van der Waals surface area (Å²) < 4.78 is 38.2. The van der Waals surface area contributed by atoms with Gasteiger partial charge in [0.1, 0.15) is 0 Å². The molecule has 1 aromatic carbocycles. The van der Waals surface area contributed by atoms with Crippen LogP contribution in [0.5, 0.6) is 0 Å². The maximum absolute atomic E-state index is 12.7. The van der Waals surface area contributed by atoms with Gasteiger partial charge in [0.2, 0.25) is 0 Å². The minimum absolute atomic E-state index is 0.000662. The summed E-state index contributed by atoms with van der Waals surface area (Å²) in [6.07, 6.45) is -1.20. The Morgan fingerprint density at radius 1 is 1.12 bits per heavy atom. The fraction of sp³-hybridized carbons (Fsp3) is 0.278. The van der Waals surface area contributed by atoms with Crippen molar-refractivity contribution in [1.82, 2.24) is 10.3 Å². The number of amides is 2. The molecular weight excluding hydrogens is 347 g/mol. The third kappa shape index (κ3) is 5.05. The molecule has 0 fully saturated rings. The van der Waals surface area contributed by atoms with Crippen molar-refractivity contribution in [3.8, 4) is 0 Å². The van der Waals surface area contributed by atoms with Crippen LogP contribution in [0.2, 0.25) is 0 Å². The molecule has 0 aliphatic rings. The van der Waals surface area contributed by atoms with Crippen LogP contribution < -0.4 is 10.6 Å². The minimum atomic E-state index is -4.50. The Kier molecular flexibility index (Phi) is 5.97. The number of aromatic nitrogens is 1. The van der Waals surface area contributed by atoms with E-state index in [1.807, 2.05) is 13.8 Å². The van der Waals surface area contributed by atoms with Crippen LogP contribution in [0.15, 0.2) is 42.7 Å². The number of hydrogen-bond acceptors (Lipinski definition) is 3. The third-order valence-corrected chi connectivity index (χ3v) is 3.70. The average Bonchev–Trinajstić information content (AvgIpc) is 2.61. The predicted molar refractivity (Wildman–Crippen MR) is 90.9 cm³/mol. The molecule has 0 radical (unpaired) electrons. The smallest absolute Gasteiger partial charge is 0.350 e. The van der Waals surface area contributed by atoms with Gasteiger partial charge < -0.3 is 10.6 Å². The highest BCUT2D eigenvalue weighted by molar-refractivity contribution is 6.05. The van der Waals surface area contributed by atoms with Gasteiger partial charge in [-0.15, -0.1) is 0 Å². The van der Waals surface area contributed by atoms with Crippen molar-refractivity contribution in [3.63, 3.8) is 0 Å². The number of benzene rings is 1. The molecule has 2 amide bonds. The fourth-order valence-electron chi connectivity index (χ4n) is 2.07. The molecule has 0 spiro atoms. The molecule has 2 N–H and O–H groups in total. The summed E-state index contributed by atoms with van der Waals surface area (Å²) in [6, 6.07) is 5.60. The lowest BCUT2D eigenvalue weighted by Crippen LogP contribution is -2.32. The van der Waals surface area contributed by atoms with E-state index in [1.54, 1.807) is 0 Å². The second kappa shape index (κ2) is 7.99. The van der Waals surface area contributed by atoms with Gasteiger partial charge in [0.05, 0.1) is 16.7 Å². The van der Waals surface area contributed by atoms with E-state index in [1.165, 1.54) is 30.6 Å². The van der Waals surface area contributed by atoms with E-state index in [-0.39, 0.29) is 28.8 Å². The number of carbonyl (C=O) groups excluding carboxylic acids is 2. The van der Waals surface area contributed by atoms with E-state index >= 15 is 0 Å². The van der Waals surface area contributed by atoms with Crippen molar-refractivity contribution < 1.29 is 22.8 Å². The van der Waals surface area contributed by atoms with Crippen molar-refractivity contribution in [3.05, 3.63) is 59.4 Å². The maximum atomic E-state index is 12.7. The summed E-state index contributed by atoms with van der Waals surface area (Å²) in [5, 5.41) is 5.13. The van der Waals surface area contributed by atoms with Crippen LogP contribution in [0.1, 0.15) is 46.5 Å². The quantitative estimate of drug-likeness (QED) is 0.845. The summed E-state index contributed by atoms with van der Waals surface area (Å²) in [5.74, 6) is -1.03. The van der Waals surface area contributed by atoms with Gasteiger partial charge in [-0.05, 0) is 37.6 Å². The van der Waals surface area contributed by atoms with Crippen molar-refractivity contribution in [2.24, 2.45) is 0 Å². The van der Waals surface area contributed by atoms with Gasteiger partial charge >= 0.3 is 6.18 Å². The molecule has 8 heteroatoms. The number of hydrogen-bond donors (Lipinski definition) is 2. The molecule has 1 aromatic heterocycles. The lowest BCUT2D eigenvalue weighted by atomic mass is 10.1. The Balaban J connectivity index is 2.16.